The van der Waals surface area contributed by atoms with E-state index in [1.165, 1.54) is 44.4 Å². The number of nitrogens with zero attached hydrogens (tertiary/aromatic N) is 2. The van der Waals surface area contributed by atoms with Crippen molar-refractivity contribution in [2.24, 2.45) is 7.05 Å². The summed E-state index contributed by atoms with van der Waals surface area (Å²) in [5.74, 6) is -5.50. The molecule has 8 nitrogen and oxygen atoms in total. The van der Waals surface area contributed by atoms with Gasteiger partial charge in [0.2, 0.25) is 0 Å². The minimum atomic E-state index is -4.89. The van der Waals surface area contributed by atoms with Crippen LogP contribution in [0.2, 0.25) is 0 Å². The Morgan fingerprint density at radius 2 is 1.66 bits per heavy atom. The summed E-state index contributed by atoms with van der Waals surface area (Å²) in [5, 5.41) is 4.38. The molecule has 2 heterocycles. The molecule has 47 heavy (non-hydrogen) atoms. The number of alkyl halides is 6. The average Bonchev–Trinajstić information content (AvgIpc) is 2.99. The van der Waals surface area contributed by atoms with Gasteiger partial charge in [-0.05, 0) is 30.2 Å². The Kier molecular flexibility index (Phi) is 9.92. The van der Waals surface area contributed by atoms with Crippen LogP contribution < -0.4 is 16.2 Å². The minimum Gasteiger partial charge on any atom is -0.467 e. The first-order valence-corrected chi connectivity index (χ1v) is 13.8. The number of aryl methyl sites for hydroxylation is 1. The largest absolute Gasteiger partial charge is 0.467 e. The van der Waals surface area contributed by atoms with Gasteiger partial charge in [-0.15, -0.1) is 0 Å². The molecule has 0 unspecified atom stereocenters. The Morgan fingerprint density at radius 3 is 2.23 bits per heavy atom. The van der Waals surface area contributed by atoms with Crippen molar-refractivity contribution in [3.8, 4) is 11.1 Å². The van der Waals surface area contributed by atoms with Gasteiger partial charge in [-0.1, -0.05) is 25.1 Å². The van der Waals surface area contributed by atoms with Gasteiger partial charge in [0.05, 0.1) is 18.2 Å². The van der Waals surface area contributed by atoms with E-state index in [2.05, 4.69) is 10.3 Å². The normalized spacial score (nSPS) is 13.3. The molecule has 1 amide bonds. The highest BCUT2D eigenvalue weighted by Crippen LogP contribution is 2.39. The zero-order valence-corrected chi connectivity index (χ0v) is 24.8. The molecule has 0 aliphatic heterocycles. The second kappa shape index (κ2) is 13.4. The first-order chi connectivity index (χ1) is 22.0. The highest BCUT2D eigenvalue weighted by Gasteiger charge is 2.39. The number of aromatic nitrogens is 2. The standard InChI is InChI=1S/C31H26F8N4O4/c1-4-24(31(37,38)39)41-16-11-21(32)26(22(33)12-16)28(45)42-23(29(46)47-3)10-15-7-8-18(27-17(15)6-5-9-40-27)19-14-43(2)25(44)13-20(19)30(34,35)36/h5-9,11-14,23-24,41H,4,10H2,1-3H3,(H,42,45)/t23-,24+/m0/s1. The molecule has 0 saturated heterocycles. The fraction of sp³-hybridized carbons (Fsp3) is 0.290. The van der Waals surface area contributed by atoms with Crippen LogP contribution in [0, 0.1) is 11.6 Å². The first kappa shape index (κ1) is 34.8. The first-order valence-electron chi connectivity index (χ1n) is 13.8. The van der Waals surface area contributed by atoms with Gasteiger partial charge in [0.25, 0.3) is 11.5 Å². The monoisotopic (exact) mass is 670 g/mol. The number of hydrogen-bond donors (Lipinski definition) is 2. The molecule has 0 spiro atoms. The van der Waals surface area contributed by atoms with Crippen LogP contribution >= 0.6 is 0 Å². The summed E-state index contributed by atoms with van der Waals surface area (Å²) in [6.45, 7) is 1.21. The van der Waals surface area contributed by atoms with E-state index in [9.17, 15) is 49.5 Å². The number of carbonyl (C=O) groups excluding carboxylic acids is 2. The van der Waals surface area contributed by atoms with E-state index in [0.29, 0.717) is 18.2 Å². The molecule has 2 atom stereocenters. The van der Waals surface area contributed by atoms with E-state index < -0.39 is 76.7 Å². The van der Waals surface area contributed by atoms with Crippen molar-refractivity contribution in [1.29, 1.82) is 0 Å². The highest BCUT2D eigenvalue weighted by molar-refractivity contribution is 5.99. The number of benzene rings is 2. The maximum atomic E-state index is 14.9. The fourth-order valence-electron chi connectivity index (χ4n) is 4.98. The fourth-order valence-corrected chi connectivity index (χ4v) is 4.98. The number of pyridine rings is 2. The Morgan fingerprint density at radius 1 is 1.00 bits per heavy atom. The zero-order valence-electron chi connectivity index (χ0n) is 24.8. The lowest BCUT2D eigenvalue weighted by atomic mass is 9.93. The van der Waals surface area contributed by atoms with Gasteiger partial charge >= 0.3 is 18.3 Å². The highest BCUT2D eigenvalue weighted by atomic mass is 19.4. The third kappa shape index (κ3) is 7.52. The summed E-state index contributed by atoms with van der Waals surface area (Å²) in [7, 11) is 2.26. The number of methoxy groups -OCH3 is 1. The predicted octanol–water partition coefficient (Wildman–Crippen LogP) is 6.16. The number of esters is 1. The lowest BCUT2D eigenvalue weighted by Crippen LogP contribution is -2.43. The lowest BCUT2D eigenvalue weighted by molar-refractivity contribution is -0.143. The van der Waals surface area contributed by atoms with Crippen molar-refractivity contribution in [2.45, 2.75) is 44.2 Å². The molecule has 4 aromatic rings. The van der Waals surface area contributed by atoms with Gasteiger partial charge in [0.1, 0.15) is 29.3 Å². The maximum Gasteiger partial charge on any atom is 0.417 e. The van der Waals surface area contributed by atoms with Gasteiger partial charge in [0, 0.05) is 54.1 Å². The molecule has 2 aromatic heterocycles. The van der Waals surface area contributed by atoms with E-state index in [0.717, 1.165) is 17.9 Å². The van der Waals surface area contributed by atoms with Crippen LogP contribution in [0.3, 0.4) is 0 Å². The van der Waals surface area contributed by atoms with Crippen LogP contribution in [0.25, 0.3) is 22.0 Å². The summed E-state index contributed by atoms with van der Waals surface area (Å²) in [4.78, 5) is 41.9. The van der Waals surface area contributed by atoms with Gasteiger partial charge in [-0.2, -0.15) is 26.3 Å². The van der Waals surface area contributed by atoms with Crippen LogP contribution in [0.5, 0.6) is 0 Å². The van der Waals surface area contributed by atoms with Crippen LogP contribution in [0.4, 0.5) is 40.8 Å². The molecular weight excluding hydrogens is 644 g/mol. The molecule has 4 rings (SSSR count). The van der Waals surface area contributed by atoms with Crippen molar-refractivity contribution in [1.82, 2.24) is 14.9 Å². The number of fused-ring (bicyclic) bond motifs is 1. The Labute approximate surface area is 261 Å². The van der Waals surface area contributed by atoms with E-state index in [1.807, 2.05) is 5.32 Å². The van der Waals surface area contributed by atoms with E-state index in [-0.39, 0.29) is 34.0 Å². The van der Waals surface area contributed by atoms with Gasteiger partial charge < -0.3 is 19.9 Å². The van der Waals surface area contributed by atoms with Crippen molar-refractivity contribution in [2.75, 3.05) is 12.4 Å². The quantitative estimate of drug-likeness (QED) is 0.163. The number of hydrogen-bond acceptors (Lipinski definition) is 6. The zero-order chi connectivity index (χ0) is 34.8. The number of nitrogens with one attached hydrogen (secondary N) is 2. The molecule has 0 radical (unpaired) electrons. The van der Waals surface area contributed by atoms with Crippen molar-refractivity contribution >= 4 is 28.5 Å². The Balaban J connectivity index is 1.70. The number of anilines is 1. The maximum absolute atomic E-state index is 14.9. The average molecular weight is 671 g/mol. The Hall–Kier alpha value is -5.02. The number of halogens is 8. The van der Waals surface area contributed by atoms with Crippen LogP contribution in [0.1, 0.15) is 34.8 Å². The summed E-state index contributed by atoms with van der Waals surface area (Å²) < 4.78 is 117. The molecule has 16 heteroatoms. The number of carbonyl (C=O) groups is 2. The number of rotatable bonds is 9. The van der Waals surface area contributed by atoms with Gasteiger partial charge in [-0.3, -0.25) is 14.6 Å². The third-order valence-corrected chi connectivity index (χ3v) is 7.31. The molecule has 0 fully saturated rings. The summed E-state index contributed by atoms with van der Waals surface area (Å²) >= 11 is 0. The minimum absolute atomic E-state index is 0.000366. The molecular formula is C31H26F8N4O4. The molecule has 2 aromatic carbocycles. The molecule has 0 aliphatic carbocycles. The molecule has 2 N–H and O–H groups in total. The SMILES string of the molecule is CC[C@@H](Nc1cc(F)c(C(=O)N[C@@H](Cc2ccc(-c3cn(C)c(=O)cc3C(F)(F)F)c3ncccc23)C(=O)OC)c(F)c1)C(F)(F)F. The Bertz CT molecular complexity index is 1870. The molecule has 0 bridgehead atoms. The van der Waals surface area contributed by atoms with Gasteiger partial charge in [0.15, 0.2) is 0 Å². The third-order valence-electron chi connectivity index (χ3n) is 7.31. The smallest absolute Gasteiger partial charge is 0.417 e. The second-order valence-electron chi connectivity index (χ2n) is 10.4. The molecule has 0 saturated carbocycles. The number of ether oxygens (including phenoxy) is 1. The summed E-state index contributed by atoms with van der Waals surface area (Å²) in [6, 6.07) is 3.37. The predicted molar refractivity (Wildman–Crippen MR) is 155 cm³/mol. The number of amides is 1. The van der Waals surface area contributed by atoms with Crippen molar-refractivity contribution in [3.05, 3.63) is 93.5 Å². The molecule has 0 aliphatic rings. The van der Waals surface area contributed by atoms with Crippen molar-refractivity contribution in [3.63, 3.8) is 0 Å². The molecule has 250 valence electrons. The summed E-state index contributed by atoms with van der Waals surface area (Å²) in [5.41, 5.74) is -3.88. The lowest BCUT2D eigenvalue weighted by Gasteiger charge is -2.22. The van der Waals surface area contributed by atoms with E-state index in [4.69, 9.17) is 4.74 Å². The van der Waals surface area contributed by atoms with Crippen LogP contribution in [-0.2, 0) is 29.2 Å². The summed E-state index contributed by atoms with van der Waals surface area (Å²) in [6.07, 6.45) is -8.11. The van der Waals surface area contributed by atoms with E-state index >= 15 is 0 Å². The second-order valence-corrected chi connectivity index (χ2v) is 10.4. The van der Waals surface area contributed by atoms with Gasteiger partial charge in [-0.25, -0.2) is 13.6 Å². The topological polar surface area (TPSA) is 102 Å². The van der Waals surface area contributed by atoms with Crippen LogP contribution in [0.15, 0.2) is 59.7 Å². The van der Waals surface area contributed by atoms with Crippen molar-refractivity contribution < 1.29 is 49.4 Å². The van der Waals surface area contributed by atoms with E-state index in [1.54, 1.807) is 0 Å². The van der Waals surface area contributed by atoms with Crippen LogP contribution in [-0.4, -0.2) is 46.8 Å².